The van der Waals surface area contributed by atoms with Gasteiger partial charge < -0.3 is 19.1 Å². The Bertz CT molecular complexity index is 1060. The summed E-state index contributed by atoms with van der Waals surface area (Å²) >= 11 is 0. The number of hydrogen-bond donors (Lipinski definition) is 1. The van der Waals surface area contributed by atoms with E-state index < -0.39 is 0 Å². The number of ether oxygens (including phenoxy) is 3. The number of aromatic amines is 1. The second kappa shape index (κ2) is 9.87. The standard InChI is InChI=1S/C25H29N3O4/c1-4-31-19-13-12-18(16-20(19)32-5-2)24-21-22(17-10-7-6-8-11-17)26-27-23(21)25(29)28(24)14-9-15-30-3/h6-8,10-13,16,24H,4-5,9,14-15H2,1-3H3,(H,26,27). The van der Waals surface area contributed by atoms with Crippen molar-refractivity contribution in [3.8, 4) is 22.8 Å². The molecule has 0 spiro atoms. The minimum atomic E-state index is -0.279. The van der Waals surface area contributed by atoms with Gasteiger partial charge in [0.05, 0.1) is 24.9 Å². The zero-order valence-electron chi connectivity index (χ0n) is 18.8. The number of fused-ring (bicyclic) bond motifs is 1. The van der Waals surface area contributed by atoms with Gasteiger partial charge in [-0.25, -0.2) is 0 Å². The molecule has 1 N–H and O–H groups in total. The van der Waals surface area contributed by atoms with E-state index in [9.17, 15) is 4.79 Å². The van der Waals surface area contributed by atoms with Crippen LogP contribution in [-0.2, 0) is 4.74 Å². The van der Waals surface area contributed by atoms with E-state index >= 15 is 0 Å². The van der Waals surface area contributed by atoms with Crippen LogP contribution in [0.1, 0.15) is 47.9 Å². The van der Waals surface area contributed by atoms with Crippen LogP contribution in [-0.4, -0.2) is 54.5 Å². The summed E-state index contributed by atoms with van der Waals surface area (Å²) in [6, 6.07) is 15.6. The number of H-pyrrole nitrogens is 1. The Hall–Kier alpha value is -3.32. The smallest absolute Gasteiger partial charge is 0.273 e. The minimum absolute atomic E-state index is 0.0531. The lowest BCUT2D eigenvalue weighted by molar-refractivity contribution is 0.0723. The highest BCUT2D eigenvalue weighted by molar-refractivity contribution is 6.00. The van der Waals surface area contributed by atoms with Gasteiger partial charge in [0.25, 0.3) is 5.91 Å². The Morgan fingerprint density at radius 3 is 2.50 bits per heavy atom. The molecule has 0 radical (unpaired) electrons. The number of nitrogens with zero attached hydrogens (tertiary/aromatic N) is 2. The van der Waals surface area contributed by atoms with Crippen molar-refractivity contribution in [3.05, 3.63) is 65.4 Å². The fourth-order valence-electron chi connectivity index (χ4n) is 4.21. The summed E-state index contributed by atoms with van der Waals surface area (Å²) in [4.78, 5) is 15.2. The van der Waals surface area contributed by atoms with Crippen molar-refractivity contribution in [1.82, 2.24) is 15.1 Å². The second-order valence-electron chi connectivity index (χ2n) is 7.55. The van der Waals surface area contributed by atoms with E-state index in [-0.39, 0.29) is 11.9 Å². The lowest BCUT2D eigenvalue weighted by Gasteiger charge is -2.27. The number of aromatic nitrogens is 2. The first-order valence-corrected chi connectivity index (χ1v) is 11.0. The van der Waals surface area contributed by atoms with Crippen molar-refractivity contribution >= 4 is 5.91 Å². The molecule has 2 heterocycles. The maximum atomic E-state index is 13.4. The van der Waals surface area contributed by atoms with Gasteiger partial charge in [0.2, 0.25) is 0 Å². The molecule has 1 atom stereocenters. The lowest BCUT2D eigenvalue weighted by Crippen LogP contribution is -2.31. The molecule has 32 heavy (non-hydrogen) atoms. The van der Waals surface area contributed by atoms with E-state index in [1.54, 1.807) is 7.11 Å². The third-order valence-corrected chi connectivity index (χ3v) is 5.54. The molecule has 1 aromatic heterocycles. The highest BCUT2D eigenvalue weighted by Gasteiger charge is 2.42. The van der Waals surface area contributed by atoms with Crippen molar-refractivity contribution < 1.29 is 19.0 Å². The van der Waals surface area contributed by atoms with E-state index in [0.29, 0.717) is 43.6 Å². The molecule has 0 bridgehead atoms. The molecule has 2 aromatic carbocycles. The van der Waals surface area contributed by atoms with Gasteiger partial charge >= 0.3 is 0 Å². The van der Waals surface area contributed by atoms with Gasteiger partial charge in [-0.1, -0.05) is 36.4 Å². The molecule has 0 fully saturated rings. The van der Waals surface area contributed by atoms with Gasteiger partial charge in [-0.15, -0.1) is 0 Å². The van der Waals surface area contributed by atoms with Gasteiger partial charge in [-0.3, -0.25) is 9.89 Å². The fraction of sp³-hybridized carbons (Fsp3) is 0.360. The Kier molecular flexibility index (Phi) is 6.75. The van der Waals surface area contributed by atoms with Crippen LogP contribution >= 0.6 is 0 Å². The van der Waals surface area contributed by atoms with E-state index in [0.717, 1.165) is 28.8 Å². The molecule has 1 unspecified atom stereocenters. The average Bonchev–Trinajstić information content (AvgIpc) is 3.35. The Morgan fingerprint density at radius 1 is 1.03 bits per heavy atom. The highest BCUT2D eigenvalue weighted by Crippen LogP contribution is 2.44. The fourth-order valence-corrected chi connectivity index (χ4v) is 4.21. The van der Waals surface area contributed by atoms with Gasteiger partial charge in [-0.05, 0) is 38.0 Å². The molecule has 0 aliphatic carbocycles. The summed E-state index contributed by atoms with van der Waals surface area (Å²) < 4.78 is 16.8. The first kappa shape index (κ1) is 21.9. The average molecular weight is 436 g/mol. The zero-order valence-corrected chi connectivity index (χ0v) is 18.8. The number of benzene rings is 2. The van der Waals surface area contributed by atoms with Crippen molar-refractivity contribution in [1.29, 1.82) is 0 Å². The molecule has 168 valence electrons. The predicted molar refractivity (Wildman–Crippen MR) is 122 cm³/mol. The van der Waals surface area contributed by atoms with E-state index in [4.69, 9.17) is 14.2 Å². The number of carbonyl (C=O) groups is 1. The number of methoxy groups -OCH3 is 1. The Balaban J connectivity index is 1.82. The Morgan fingerprint density at radius 2 is 1.78 bits per heavy atom. The number of carbonyl (C=O) groups excluding carboxylic acids is 1. The first-order valence-electron chi connectivity index (χ1n) is 11.0. The quantitative estimate of drug-likeness (QED) is 0.476. The third-order valence-electron chi connectivity index (χ3n) is 5.54. The normalized spacial score (nSPS) is 15.2. The summed E-state index contributed by atoms with van der Waals surface area (Å²) in [6.45, 7) is 6.12. The van der Waals surface area contributed by atoms with Crippen molar-refractivity contribution in [2.45, 2.75) is 26.3 Å². The molecule has 7 nitrogen and oxygen atoms in total. The number of nitrogens with one attached hydrogen (secondary N) is 1. The van der Waals surface area contributed by atoms with Crippen LogP contribution in [0, 0.1) is 0 Å². The van der Waals surface area contributed by atoms with Gasteiger partial charge in [0, 0.05) is 31.4 Å². The monoisotopic (exact) mass is 435 g/mol. The van der Waals surface area contributed by atoms with Gasteiger partial charge in [0.15, 0.2) is 11.5 Å². The first-order chi connectivity index (χ1) is 15.7. The summed E-state index contributed by atoms with van der Waals surface area (Å²) in [5, 5.41) is 7.52. The van der Waals surface area contributed by atoms with Crippen molar-refractivity contribution in [2.24, 2.45) is 0 Å². The molecular weight excluding hydrogens is 406 g/mol. The molecule has 1 aliphatic rings. The lowest BCUT2D eigenvalue weighted by atomic mass is 9.95. The molecule has 7 heteroatoms. The van der Waals surface area contributed by atoms with Crippen LogP contribution in [0.3, 0.4) is 0 Å². The molecular formula is C25H29N3O4. The summed E-state index contributed by atoms with van der Waals surface area (Å²) in [7, 11) is 1.67. The highest BCUT2D eigenvalue weighted by atomic mass is 16.5. The summed E-state index contributed by atoms with van der Waals surface area (Å²) in [5.41, 5.74) is 4.15. The van der Waals surface area contributed by atoms with Crippen LogP contribution < -0.4 is 9.47 Å². The van der Waals surface area contributed by atoms with Gasteiger partial charge in [-0.2, -0.15) is 5.10 Å². The van der Waals surface area contributed by atoms with E-state index in [1.165, 1.54) is 0 Å². The molecule has 1 aliphatic heterocycles. The molecule has 4 rings (SSSR count). The van der Waals surface area contributed by atoms with Crippen molar-refractivity contribution in [3.63, 3.8) is 0 Å². The molecule has 0 saturated heterocycles. The van der Waals surface area contributed by atoms with Crippen LogP contribution in [0.25, 0.3) is 11.3 Å². The Labute approximate surface area is 188 Å². The van der Waals surface area contributed by atoms with E-state index in [2.05, 4.69) is 10.2 Å². The maximum absolute atomic E-state index is 13.4. The molecule has 0 saturated carbocycles. The van der Waals surface area contributed by atoms with Crippen molar-refractivity contribution in [2.75, 3.05) is 33.5 Å². The number of amides is 1. The topological polar surface area (TPSA) is 76.7 Å². The molecule has 3 aromatic rings. The van der Waals surface area contributed by atoms with Crippen LogP contribution in [0.5, 0.6) is 11.5 Å². The number of hydrogen-bond acceptors (Lipinski definition) is 5. The SMILES string of the molecule is CCOc1ccc(C2c3c(-c4ccccc4)n[nH]c3C(=O)N2CCCOC)cc1OCC. The maximum Gasteiger partial charge on any atom is 0.273 e. The third kappa shape index (κ3) is 4.08. The van der Waals surface area contributed by atoms with E-state index in [1.807, 2.05) is 67.3 Å². The predicted octanol–water partition coefficient (Wildman–Crippen LogP) is 4.46. The summed E-state index contributed by atoms with van der Waals surface area (Å²) in [6.07, 6.45) is 0.743. The number of rotatable bonds is 10. The van der Waals surface area contributed by atoms with Crippen LogP contribution in [0.4, 0.5) is 0 Å². The van der Waals surface area contributed by atoms with Crippen LogP contribution in [0.2, 0.25) is 0 Å². The van der Waals surface area contributed by atoms with Gasteiger partial charge in [0.1, 0.15) is 5.69 Å². The molecule has 1 amide bonds. The minimum Gasteiger partial charge on any atom is -0.490 e. The second-order valence-corrected chi connectivity index (χ2v) is 7.55. The summed E-state index contributed by atoms with van der Waals surface area (Å²) in [5.74, 6) is 1.32. The largest absolute Gasteiger partial charge is 0.490 e. The zero-order chi connectivity index (χ0) is 22.5. The van der Waals surface area contributed by atoms with Crippen LogP contribution in [0.15, 0.2) is 48.5 Å².